The van der Waals surface area contributed by atoms with Gasteiger partial charge >= 0.3 is 0 Å². The van der Waals surface area contributed by atoms with Crippen LogP contribution in [-0.4, -0.2) is 46.1 Å². The van der Waals surface area contributed by atoms with Crippen molar-refractivity contribution in [1.29, 1.82) is 0 Å². The van der Waals surface area contributed by atoms with Crippen molar-refractivity contribution >= 4 is 10.0 Å². The van der Waals surface area contributed by atoms with E-state index in [0.29, 0.717) is 17.1 Å². The molecule has 0 atom stereocenters. The highest BCUT2D eigenvalue weighted by Gasteiger charge is 2.37. The molecule has 1 heterocycles. The molecule has 6 nitrogen and oxygen atoms in total. The first-order valence-electron chi connectivity index (χ1n) is 8.03. The van der Waals surface area contributed by atoms with E-state index in [-0.39, 0.29) is 36.5 Å². The Hall–Kier alpha value is -2.16. The fraction of sp³-hybridized carbons (Fsp3) is 0.333. The quantitative estimate of drug-likeness (QED) is 0.737. The van der Waals surface area contributed by atoms with Gasteiger partial charge in [0.2, 0.25) is 10.0 Å². The molecule has 0 radical (unpaired) electrons. The van der Waals surface area contributed by atoms with E-state index in [1.165, 1.54) is 36.7 Å². The normalized spacial score (nSPS) is 15.5. The molecule has 0 N–H and O–H groups in total. The SMILES string of the molecule is COc1ccc(S(=O)(=O)N2CC(OCc3ccccc3F)C2)cc1OC. The summed E-state index contributed by atoms with van der Waals surface area (Å²) < 4.78 is 56.1. The van der Waals surface area contributed by atoms with Crippen LogP contribution in [-0.2, 0) is 21.4 Å². The molecule has 8 heteroatoms. The standard InChI is InChI=1S/C18H20FNO5S/c1-23-17-8-7-15(9-18(17)24-2)26(21,22)20-10-14(11-20)25-12-13-5-3-4-6-16(13)19/h3-9,14H,10-12H2,1-2H3. The summed E-state index contributed by atoms with van der Waals surface area (Å²) in [7, 11) is -0.706. The van der Waals surface area contributed by atoms with Crippen LogP contribution in [0.5, 0.6) is 11.5 Å². The Bertz CT molecular complexity index is 881. The van der Waals surface area contributed by atoms with Crippen molar-refractivity contribution in [1.82, 2.24) is 4.31 Å². The Morgan fingerprint density at radius 2 is 1.77 bits per heavy atom. The molecule has 1 saturated heterocycles. The maximum Gasteiger partial charge on any atom is 0.243 e. The van der Waals surface area contributed by atoms with Crippen molar-refractivity contribution < 1.29 is 27.0 Å². The number of halogens is 1. The lowest BCUT2D eigenvalue weighted by Gasteiger charge is -2.37. The van der Waals surface area contributed by atoms with Gasteiger partial charge in [0.25, 0.3) is 0 Å². The van der Waals surface area contributed by atoms with E-state index in [2.05, 4.69) is 0 Å². The number of rotatable bonds is 7. The molecule has 140 valence electrons. The molecular formula is C18H20FNO5S. The van der Waals surface area contributed by atoms with E-state index in [1.807, 2.05) is 0 Å². The Morgan fingerprint density at radius 1 is 1.08 bits per heavy atom. The van der Waals surface area contributed by atoms with Crippen molar-refractivity contribution in [2.75, 3.05) is 27.3 Å². The van der Waals surface area contributed by atoms with Crippen molar-refractivity contribution in [2.24, 2.45) is 0 Å². The van der Waals surface area contributed by atoms with E-state index < -0.39 is 10.0 Å². The summed E-state index contributed by atoms with van der Waals surface area (Å²) in [6.45, 7) is 0.567. The van der Waals surface area contributed by atoms with Gasteiger partial charge in [-0.15, -0.1) is 0 Å². The minimum absolute atomic E-state index is 0.113. The second-order valence-electron chi connectivity index (χ2n) is 5.86. The number of nitrogens with zero attached hydrogens (tertiary/aromatic N) is 1. The topological polar surface area (TPSA) is 65.1 Å². The zero-order valence-electron chi connectivity index (χ0n) is 14.5. The van der Waals surface area contributed by atoms with E-state index in [9.17, 15) is 12.8 Å². The third-order valence-corrected chi connectivity index (χ3v) is 6.07. The minimum Gasteiger partial charge on any atom is -0.493 e. The van der Waals surface area contributed by atoms with Gasteiger partial charge in [0.15, 0.2) is 11.5 Å². The summed E-state index contributed by atoms with van der Waals surface area (Å²) in [5.41, 5.74) is 0.452. The summed E-state index contributed by atoms with van der Waals surface area (Å²) in [4.78, 5) is 0.128. The largest absolute Gasteiger partial charge is 0.493 e. The first-order valence-corrected chi connectivity index (χ1v) is 9.47. The third kappa shape index (κ3) is 3.67. The molecule has 1 aliphatic heterocycles. The lowest BCUT2D eigenvalue weighted by molar-refractivity contribution is -0.0304. The molecule has 2 aromatic carbocycles. The maximum atomic E-state index is 13.6. The summed E-state index contributed by atoms with van der Waals surface area (Å²) in [6.07, 6.45) is -0.260. The molecule has 0 aliphatic carbocycles. The van der Waals surface area contributed by atoms with Gasteiger partial charge in [-0.1, -0.05) is 18.2 Å². The van der Waals surface area contributed by atoms with E-state index in [4.69, 9.17) is 14.2 Å². The van der Waals surface area contributed by atoms with Gasteiger partial charge in [-0.05, 0) is 18.2 Å². The number of hydrogen-bond donors (Lipinski definition) is 0. The lowest BCUT2D eigenvalue weighted by atomic mass is 10.2. The first kappa shape index (κ1) is 18.6. The Labute approximate surface area is 152 Å². The summed E-state index contributed by atoms with van der Waals surface area (Å²) in [6, 6.07) is 10.8. The van der Waals surface area contributed by atoms with Gasteiger partial charge in [0, 0.05) is 24.7 Å². The number of sulfonamides is 1. The van der Waals surface area contributed by atoms with Crippen LogP contribution in [0, 0.1) is 5.82 Å². The van der Waals surface area contributed by atoms with Crippen LogP contribution in [0.1, 0.15) is 5.56 Å². The van der Waals surface area contributed by atoms with Crippen LogP contribution < -0.4 is 9.47 Å². The van der Waals surface area contributed by atoms with Gasteiger partial charge in [0.05, 0.1) is 31.8 Å². The van der Waals surface area contributed by atoms with Crippen molar-refractivity contribution in [3.8, 4) is 11.5 Å². The highest BCUT2D eigenvalue weighted by molar-refractivity contribution is 7.89. The third-order valence-electron chi connectivity index (χ3n) is 4.24. The van der Waals surface area contributed by atoms with Crippen LogP contribution in [0.3, 0.4) is 0 Å². The fourth-order valence-corrected chi connectivity index (χ4v) is 4.17. The predicted octanol–water partition coefficient (Wildman–Crippen LogP) is 2.43. The summed E-state index contributed by atoms with van der Waals surface area (Å²) >= 11 is 0. The molecule has 0 aromatic heterocycles. The zero-order valence-corrected chi connectivity index (χ0v) is 15.3. The molecule has 0 saturated carbocycles. The van der Waals surface area contributed by atoms with Gasteiger partial charge in [0.1, 0.15) is 5.82 Å². The van der Waals surface area contributed by atoms with E-state index in [1.54, 1.807) is 24.3 Å². The first-order chi connectivity index (χ1) is 12.5. The Morgan fingerprint density at radius 3 is 2.42 bits per heavy atom. The van der Waals surface area contributed by atoms with Gasteiger partial charge in [-0.25, -0.2) is 12.8 Å². The van der Waals surface area contributed by atoms with E-state index >= 15 is 0 Å². The second-order valence-corrected chi connectivity index (χ2v) is 7.80. The van der Waals surface area contributed by atoms with Crippen molar-refractivity contribution in [3.63, 3.8) is 0 Å². The van der Waals surface area contributed by atoms with Crippen molar-refractivity contribution in [3.05, 3.63) is 53.8 Å². The molecule has 0 bridgehead atoms. The fourth-order valence-electron chi connectivity index (χ4n) is 2.65. The average Bonchev–Trinajstić information content (AvgIpc) is 2.61. The van der Waals surface area contributed by atoms with Gasteiger partial charge in [-0.3, -0.25) is 0 Å². The molecule has 1 fully saturated rings. The number of benzene rings is 2. The van der Waals surface area contributed by atoms with Gasteiger partial charge in [-0.2, -0.15) is 4.31 Å². The number of ether oxygens (including phenoxy) is 3. The van der Waals surface area contributed by atoms with Crippen LogP contribution in [0.25, 0.3) is 0 Å². The van der Waals surface area contributed by atoms with Crippen LogP contribution in [0.4, 0.5) is 4.39 Å². The molecule has 3 rings (SSSR count). The van der Waals surface area contributed by atoms with E-state index in [0.717, 1.165) is 0 Å². The maximum absolute atomic E-state index is 13.6. The monoisotopic (exact) mass is 381 g/mol. The Kier molecular flexibility index (Phi) is 5.45. The van der Waals surface area contributed by atoms with Crippen LogP contribution in [0.2, 0.25) is 0 Å². The van der Waals surface area contributed by atoms with Crippen LogP contribution in [0.15, 0.2) is 47.4 Å². The molecule has 0 spiro atoms. The Balaban J connectivity index is 1.62. The predicted molar refractivity (Wildman–Crippen MR) is 93.3 cm³/mol. The molecule has 0 unspecified atom stereocenters. The molecular weight excluding hydrogens is 361 g/mol. The second kappa shape index (κ2) is 7.61. The highest BCUT2D eigenvalue weighted by atomic mass is 32.2. The smallest absolute Gasteiger partial charge is 0.243 e. The van der Waals surface area contributed by atoms with Crippen LogP contribution >= 0.6 is 0 Å². The zero-order chi connectivity index (χ0) is 18.7. The number of hydrogen-bond acceptors (Lipinski definition) is 5. The molecule has 1 aliphatic rings. The molecule has 26 heavy (non-hydrogen) atoms. The highest BCUT2D eigenvalue weighted by Crippen LogP contribution is 2.32. The molecule has 2 aromatic rings. The summed E-state index contributed by atoms with van der Waals surface area (Å²) in [5.74, 6) is 0.476. The number of methoxy groups -OCH3 is 2. The summed E-state index contributed by atoms with van der Waals surface area (Å²) in [5, 5.41) is 0. The van der Waals surface area contributed by atoms with Gasteiger partial charge < -0.3 is 14.2 Å². The minimum atomic E-state index is -3.64. The molecule has 0 amide bonds. The average molecular weight is 381 g/mol. The van der Waals surface area contributed by atoms with Crippen molar-refractivity contribution in [2.45, 2.75) is 17.6 Å². The lowest BCUT2D eigenvalue weighted by Crippen LogP contribution is -2.54.